The highest BCUT2D eigenvalue weighted by atomic mass is 16.5. The molecule has 116 valence electrons. The van der Waals surface area contributed by atoms with Crippen molar-refractivity contribution in [2.75, 3.05) is 46.6 Å². The zero-order valence-corrected chi connectivity index (χ0v) is 12.5. The normalized spacial score (nSPS) is 16.0. The van der Waals surface area contributed by atoms with Gasteiger partial charge in [-0.3, -0.25) is 0 Å². The second-order valence-corrected chi connectivity index (χ2v) is 4.76. The second-order valence-electron chi connectivity index (χ2n) is 4.76. The Morgan fingerprint density at radius 3 is 2.62 bits per heavy atom. The first-order chi connectivity index (χ1) is 10.3. The van der Waals surface area contributed by atoms with Crippen molar-refractivity contribution in [3.05, 3.63) is 29.8 Å². The Morgan fingerprint density at radius 1 is 1.24 bits per heavy atom. The van der Waals surface area contributed by atoms with E-state index in [0.29, 0.717) is 38.9 Å². The molecule has 21 heavy (non-hydrogen) atoms. The van der Waals surface area contributed by atoms with E-state index in [1.165, 1.54) is 0 Å². The lowest BCUT2D eigenvalue weighted by molar-refractivity contribution is 0.0674. The second kappa shape index (κ2) is 8.49. The molecule has 2 rings (SSSR count). The highest BCUT2D eigenvalue weighted by Gasteiger charge is 2.11. The van der Waals surface area contributed by atoms with Gasteiger partial charge in [-0.1, -0.05) is 12.1 Å². The molecule has 0 amide bonds. The number of hydrogen-bond acceptors (Lipinski definition) is 4. The van der Waals surface area contributed by atoms with Gasteiger partial charge in [0.05, 0.1) is 26.4 Å². The maximum Gasteiger partial charge on any atom is 0.191 e. The van der Waals surface area contributed by atoms with Gasteiger partial charge in [0, 0.05) is 20.2 Å². The molecule has 6 heteroatoms. The van der Waals surface area contributed by atoms with Gasteiger partial charge in [-0.25, -0.2) is 4.99 Å². The van der Waals surface area contributed by atoms with E-state index >= 15 is 0 Å². The van der Waals surface area contributed by atoms with E-state index in [4.69, 9.17) is 19.9 Å². The Bertz CT molecular complexity index is 442. The summed E-state index contributed by atoms with van der Waals surface area (Å²) < 4.78 is 15.7. The first kappa shape index (κ1) is 15.6. The number of nitrogens with zero attached hydrogens (tertiary/aromatic N) is 2. The van der Waals surface area contributed by atoms with Crippen LogP contribution in [0.4, 0.5) is 0 Å². The smallest absolute Gasteiger partial charge is 0.191 e. The number of aliphatic imine (C=N–C) groups is 1. The summed E-state index contributed by atoms with van der Waals surface area (Å²) in [5, 5.41) is 0. The Labute approximate surface area is 125 Å². The monoisotopic (exact) mass is 293 g/mol. The fourth-order valence-corrected chi connectivity index (χ4v) is 2.00. The molecule has 0 bridgehead atoms. The van der Waals surface area contributed by atoms with Crippen LogP contribution in [0.5, 0.6) is 5.75 Å². The van der Waals surface area contributed by atoms with E-state index in [1.54, 1.807) is 7.11 Å². The van der Waals surface area contributed by atoms with E-state index in [2.05, 4.69) is 4.99 Å². The molecule has 6 nitrogen and oxygen atoms in total. The molecule has 0 aromatic heterocycles. The molecule has 1 fully saturated rings. The Kier molecular flexibility index (Phi) is 6.30. The molecular formula is C15H23N3O3. The fraction of sp³-hybridized carbons (Fsp3) is 0.533. The first-order valence-electron chi connectivity index (χ1n) is 7.13. The molecule has 0 spiro atoms. The summed E-state index contributed by atoms with van der Waals surface area (Å²) in [6.07, 6.45) is 0. The van der Waals surface area contributed by atoms with Crippen LogP contribution in [-0.4, -0.2) is 57.5 Å². The maximum absolute atomic E-state index is 5.99. The molecule has 1 aromatic rings. The fourth-order valence-electron chi connectivity index (χ4n) is 2.00. The molecule has 0 atom stereocenters. The molecule has 1 aliphatic heterocycles. The standard InChI is InChI=1S/C15H23N3O3/c1-19-10-11-21-14-4-2-13(3-5-14)12-17-15(16)18-6-8-20-9-7-18/h2-5H,6-12H2,1H3,(H2,16,17). The third-order valence-electron chi connectivity index (χ3n) is 3.24. The zero-order valence-electron chi connectivity index (χ0n) is 12.5. The number of morpholine rings is 1. The minimum atomic E-state index is 0.554. The highest BCUT2D eigenvalue weighted by molar-refractivity contribution is 5.78. The molecule has 0 radical (unpaired) electrons. The Hall–Kier alpha value is -1.79. The molecule has 1 heterocycles. The number of rotatable bonds is 6. The van der Waals surface area contributed by atoms with Gasteiger partial charge >= 0.3 is 0 Å². The lowest BCUT2D eigenvalue weighted by atomic mass is 10.2. The first-order valence-corrected chi connectivity index (χ1v) is 7.13. The van der Waals surface area contributed by atoms with Crippen molar-refractivity contribution in [1.82, 2.24) is 4.90 Å². The summed E-state index contributed by atoms with van der Waals surface area (Å²) in [6.45, 7) is 4.75. The molecule has 0 saturated carbocycles. The van der Waals surface area contributed by atoms with E-state index < -0.39 is 0 Å². The van der Waals surface area contributed by atoms with Gasteiger partial charge in [0.15, 0.2) is 5.96 Å². The summed E-state index contributed by atoms with van der Waals surface area (Å²) in [5.41, 5.74) is 7.09. The summed E-state index contributed by atoms with van der Waals surface area (Å²) in [7, 11) is 1.66. The van der Waals surface area contributed by atoms with E-state index in [9.17, 15) is 0 Å². The van der Waals surface area contributed by atoms with Gasteiger partial charge in [-0.15, -0.1) is 0 Å². The molecule has 2 N–H and O–H groups in total. The van der Waals surface area contributed by atoms with Crippen LogP contribution in [0, 0.1) is 0 Å². The van der Waals surface area contributed by atoms with Gasteiger partial charge in [0.25, 0.3) is 0 Å². The van der Waals surface area contributed by atoms with Gasteiger partial charge < -0.3 is 24.8 Å². The minimum Gasteiger partial charge on any atom is -0.491 e. The molecular weight excluding hydrogens is 270 g/mol. The predicted octanol–water partition coefficient (Wildman–Crippen LogP) is 0.859. The SMILES string of the molecule is COCCOc1ccc(CN=C(N)N2CCOCC2)cc1. The van der Waals surface area contributed by atoms with Crippen molar-refractivity contribution in [1.29, 1.82) is 0 Å². The number of guanidine groups is 1. The zero-order chi connectivity index (χ0) is 14.9. The van der Waals surface area contributed by atoms with E-state index in [0.717, 1.165) is 24.4 Å². The average molecular weight is 293 g/mol. The number of hydrogen-bond donors (Lipinski definition) is 1. The van der Waals surface area contributed by atoms with Gasteiger partial charge in [0.2, 0.25) is 0 Å². The van der Waals surface area contributed by atoms with Crippen LogP contribution in [0.25, 0.3) is 0 Å². The molecule has 0 unspecified atom stereocenters. The van der Waals surface area contributed by atoms with Crippen molar-refractivity contribution >= 4 is 5.96 Å². The number of ether oxygens (including phenoxy) is 3. The summed E-state index contributed by atoms with van der Waals surface area (Å²) in [5.74, 6) is 1.42. The van der Waals surface area contributed by atoms with Gasteiger partial charge in [-0.05, 0) is 17.7 Å². The van der Waals surface area contributed by atoms with Crippen LogP contribution in [-0.2, 0) is 16.0 Å². The third-order valence-corrected chi connectivity index (χ3v) is 3.24. The summed E-state index contributed by atoms with van der Waals surface area (Å²) in [6, 6.07) is 7.87. The van der Waals surface area contributed by atoms with Gasteiger partial charge in [-0.2, -0.15) is 0 Å². The average Bonchev–Trinajstić information content (AvgIpc) is 2.55. The lowest BCUT2D eigenvalue weighted by Crippen LogP contribution is -2.44. The molecule has 1 aromatic carbocycles. The van der Waals surface area contributed by atoms with Crippen LogP contribution in [0.3, 0.4) is 0 Å². The largest absolute Gasteiger partial charge is 0.491 e. The van der Waals surface area contributed by atoms with Crippen molar-refractivity contribution in [2.24, 2.45) is 10.7 Å². The minimum absolute atomic E-state index is 0.554. The van der Waals surface area contributed by atoms with Crippen LogP contribution < -0.4 is 10.5 Å². The topological polar surface area (TPSA) is 69.3 Å². The lowest BCUT2D eigenvalue weighted by Gasteiger charge is -2.27. The Balaban J connectivity index is 1.82. The summed E-state index contributed by atoms with van der Waals surface area (Å²) >= 11 is 0. The van der Waals surface area contributed by atoms with Crippen molar-refractivity contribution in [3.63, 3.8) is 0 Å². The van der Waals surface area contributed by atoms with E-state index in [-0.39, 0.29) is 0 Å². The van der Waals surface area contributed by atoms with Crippen molar-refractivity contribution in [2.45, 2.75) is 6.54 Å². The highest BCUT2D eigenvalue weighted by Crippen LogP contribution is 2.13. The van der Waals surface area contributed by atoms with Crippen LogP contribution in [0.2, 0.25) is 0 Å². The van der Waals surface area contributed by atoms with Crippen molar-refractivity contribution < 1.29 is 14.2 Å². The molecule has 0 aliphatic carbocycles. The van der Waals surface area contributed by atoms with Gasteiger partial charge in [0.1, 0.15) is 12.4 Å². The number of benzene rings is 1. The Morgan fingerprint density at radius 2 is 1.95 bits per heavy atom. The summed E-state index contributed by atoms with van der Waals surface area (Å²) in [4.78, 5) is 6.47. The van der Waals surface area contributed by atoms with E-state index in [1.807, 2.05) is 29.2 Å². The molecule has 1 aliphatic rings. The van der Waals surface area contributed by atoms with Crippen LogP contribution in [0.15, 0.2) is 29.3 Å². The number of methoxy groups -OCH3 is 1. The third kappa shape index (κ3) is 5.24. The van der Waals surface area contributed by atoms with Crippen LogP contribution >= 0.6 is 0 Å². The molecule has 1 saturated heterocycles. The quantitative estimate of drug-likeness (QED) is 0.478. The number of nitrogens with two attached hydrogens (primary N) is 1. The van der Waals surface area contributed by atoms with Crippen molar-refractivity contribution in [3.8, 4) is 5.75 Å². The van der Waals surface area contributed by atoms with Crippen LogP contribution in [0.1, 0.15) is 5.56 Å². The predicted molar refractivity (Wildman–Crippen MR) is 81.5 cm³/mol. The maximum atomic E-state index is 5.99.